The monoisotopic (exact) mass is 246 g/mol. The molecule has 4 nitrogen and oxygen atoms in total. The van der Waals surface area contributed by atoms with Crippen molar-refractivity contribution in [1.82, 2.24) is 14.6 Å². The fraction of sp³-hybridized carbons (Fsp3) is 0.571. The minimum atomic E-state index is 0.934. The van der Waals surface area contributed by atoms with Gasteiger partial charge in [0.15, 0.2) is 5.82 Å². The van der Waals surface area contributed by atoms with Crippen LogP contribution < -0.4 is 5.32 Å². The average Bonchev–Trinajstić information content (AvgIpc) is 2.86. The highest BCUT2D eigenvalue weighted by molar-refractivity contribution is 5.66. The molecule has 0 aliphatic rings. The molecule has 98 valence electrons. The van der Waals surface area contributed by atoms with Crippen molar-refractivity contribution in [3.63, 3.8) is 0 Å². The first-order chi connectivity index (χ1) is 8.92. The number of unbranched alkanes of at least 4 members (excludes halogenated alkanes) is 5. The maximum absolute atomic E-state index is 4.35. The van der Waals surface area contributed by atoms with Crippen LogP contribution in [0.15, 0.2) is 24.7 Å². The Hall–Kier alpha value is -1.58. The van der Waals surface area contributed by atoms with E-state index in [9.17, 15) is 0 Å². The predicted molar refractivity (Wildman–Crippen MR) is 74.9 cm³/mol. The largest absolute Gasteiger partial charge is 0.368 e. The zero-order valence-corrected chi connectivity index (χ0v) is 11.1. The van der Waals surface area contributed by atoms with E-state index < -0.39 is 0 Å². The summed E-state index contributed by atoms with van der Waals surface area (Å²) in [7, 11) is 0. The van der Waals surface area contributed by atoms with Crippen LogP contribution >= 0.6 is 0 Å². The van der Waals surface area contributed by atoms with Crippen molar-refractivity contribution < 1.29 is 0 Å². The number of nitrogens with one attached hydrogen (secondary N) is 1. The van der Waals surface area contributed by atoms with E-state index in [1.165, 1.54) is 38.5 Å². The summed E-state index contributed by atoms with van der Waals surface area (Å²) in [4.78, 5) is 4.35. The van der Waals surface area contributed by atoms with Crippen LogP contribution in [-0.2, 0) is 0 Å². The quantitative estimate of drug-likeness (QED) is 0.725. The highest BCUT2D eigenvalue weighted by atomic mass is 15.2. The molecule has 0 spiro atoms. The molecular weight excluding hydrogens is 224 g/mol. The van der Waals surface area contributed by atoms with Crippen molar-refractivity contribution in [2.24, 2.45) is 0 Å². The van der Waals surface area contributed by atoms with Gasteiger partial charge in [0.1, 0.15) is 5.52 Å². The molecule has 0 amide bonds. The van der Waals surface area contributed by atoms with Gasteiger partial charge in [-0.15, -0.1) is 0 Å². The molecule has 0 saturated carbocycles. The van der Waals surface area contributed by atoms with Crippen molar-refractivity contribution in [3.05, 3.63) is 24.7 Å². The van der Waals surface area contributed by atoms with E-state index in [1.807, 2.05) is 16.8 Å². The lowest BCUT2D eigenvalue weighted by Gasteiger charge is -2.06. The SMILES string of the molecule is CCCCCCCCNc1nccn2nccc12. The molecule has 0 aliphatic carbocycles. The second kappa shape index (κ2) is 6.99. The van der Waals surface area contributed by atoms with Crippen molar-refractivity contribution >= 4 is 11.3 Å². The highest BCUT2D eigenvalue weighted by Crippen LogP contribution is 2.12. The molecule has 0 radical (unpaired) electrons. The van der Waals surface area contributed by atoms with Gasteiger partial charge in [0.2, 0.25) is 0 Å². The van der Waals surface area contributed by atoms with Gasteiger partial charge in [-0.1, -0.05) is 39.0 Å². The van der Waals surface area contributed by atoms with Crippen molar-refractivity contribution in [1.29, 1.82) is 0 Å². The summed E-state index contributed by atoms with van der Waals surface area (Å²) in [5.41, 5.74) is 1.04. The van der Waals surface area contributed by atoms with E-state index in [-0.39, 0.29) is 0 Å². The first-order valence-corrected chi connectivity index (χ1v) is 6.94. The van der Waals surface area contributed by atoms with E-state index in [0.717, 1.165) is 17.9 Å². The van der Waals surface area contributed by atoms with E-state index in [1.54, 1.807) is 12.4 Å². The molecule has 2 rings (SSSR count). The number of hydrogen-bond acceptors (Lipinski definition) is 3. The van der Waals surface area contributed by atoms with Crippen molar-refractivity contribution in [2.75, 3.05) is 11.9 Å². The molecule has 0 atom stereocenters. The lowest BCUT2D eigenvalue weighted by Crippen LogP contribution is -2.05. The Labute approximate surface area is 108 Å². The molecule has 0 aromatic carbocycles. The summed E-state index contributed by atoms with van der Waals surface area (Å²) in [6.45, 7) is 3.24. The molecule has 0 aliphatic heterocycles. The van der Waals surface area contributed by atoms with Gasteiger partial charge in [0, 0.05) is 18.9 Å². The van der Waals surface area contributed by atoms with Crippen LogP contribution in [-0.4, -0.2) is 21.1 Å². The Kier molecular flexibility index (Phi) is 5.00. The predicted octanol–water partition coefficient (Wildman–Crippen LogP) is 3.50. The summed E-state index contributed by atoms with van der Waals surface area (Å²) >= 11 is 0. The van der Waals surface area contributed by atoms with Crippen LogP contribution in [0.3, 0.4) is 0 Å². The Bertz CT molecular complexity index is 464. The first-order valence-electron chi connectivity index (χ1n) is 6.94. The minimum absolute atomic E-state index is 0.934. The topological polar surface area (TPSA) is 42.2 Å². The van der Waals surface area contributed by atoms with E-state index >= 15 is 0 Å². The second-order valence-electron chi connectivity index (χ2n) is 4.63. The Morgan fingerprint density at radius 3 is 2.83 bits per heavy atom. The molecule has 2 aromatic rings. The lowest BCUT2D eigenvalue weighted by atomic mass is 10.1. The lowest BCUT2D eigenvalue weighted by molar-refractivity contribution is 0.617. The molecule has 18 heavy (non-hydrogen) atoms. The summed E-state index contributed by atoms with van der Waals surface area (Å²) in [5, 5.41) is 7.59. The van der Waals surface area contributed by atoms with Crippen LogP contribution in [0, 0.1) is 0 Å². The molecule has 2 aromatic heterocycles. The molecule has 2 heterocycles. The Balaban J connectivity index is 1.72. The van der Waals surface area contributed by atoms with Crippen molar-refractivity contribution in [2.45, 2.75) is 45.4 Å². The van der Waals surface area contributed by atoms with Gasteiger partial charge in [-0.3, -0.25) is 0 Å². The number of hydrogen-bond donors (Lipinski definition) is 1. The highest BCUT2D eigenvalue weighted by Gasteiger charge is 2.01. The second-order valence-corrected chi connectivity index (χ2v) is 4.63. The zero-order valence-electron chi connectivity index (χ0n) is 11.1. The molecule has 1 N–H and O–H groups in total. The standard InChI is InChI=1S/C14H22N4/c1-2-3-4-5-6-7-9-15-14-13-8-10-17-18(13)12-11-16-14/h8,10-12H,2-7,9H2,1H3,(H,15,16). The van der Waals surface area contributed by atoms with E-state index in [2.05, 4.69) is 22.3 Å². The Morgan fingerprint density at radius 1 is 1.11 bits per heavy atom. The number of anilines is 1. The van der Waals surface area contributed by atoms with Gasteiger partial charge in [-0.25, -0.2) is 9.50 Å². The smallest absolute Gasteiger partial charge is 0.152 e. The summed E-state index contributed by atoms with van der Waals surface area (Å²) in [5.74, 6) is 0.934. The minimum Gasteiger partial charge on any atom is -0.368 e. The van der Waals surface area contributed by atoms with Crippen LogP contribution in [0.4, 0.5) is 5.82 Å². The van der Waals surface area contributed by atoms with Crippen LogP contribution in [0.25, 0.3) is 5.52 Å². The van der Waals surface area contributed by atoms with Gasteiger partial charge >= 0.3 is 0 Å². The molecular formula is C14H22N4. The third-order valence-corrected chi connectivity index (χ3v) is 3.15. The Morgan fingerprint density at radius 2 is 1.94 bits per heavy atom. The molecule has 0 fully saturated rings. The number of fused-ring (bicyclic) bond motifs is 1. The van der Waals surface area contributed by atoms with Gasteiger partial charge in [-0.2, -0.15) is 5.10 Å². The molecule has 4 heteroatoms. The van der Waals surface area contributed by atoms with Crippen LogP contribution in [0.1, 0.15) is 45.4 Å². The third-order valence-electron chi connectivity index (χ3n) is 3.15. The number of aromatic nitrogens is 3. The summed E-state index contributed by atoms with van der Waals surface area (Å²) < 4.78 is 1.84. The molecule has 0 saturated heterocycles. The molecule has 0 unspecified atom stereocenters. The summed E-state index contributed by atoms with van der Waals surface area (Å²) in [6, 6.07) is 1.98. The fourth-order valence-electron chi connectivity index (χ4n) is 2.11. The third kappa shape index (κ3) is 3.45. The molecule has 0 bridgehead atoms. The van der Waals surface area contributed by atoms with Gasteiger partial charge in [0.05, 0.1) is 6.20 Å². The maximum atomic E-state index is 4.35. The number of rotatable bonds is 8. The zero-order chi connectivity index (χ0) is 12.6. The van der Waals surface area contributed by atoms with E-state index in [4.69, 9.17) is 0 Å². The fourth-order valence-corrected chi connectivity index (χ4v) is 2.11. The van der Waals surface area contributed by atoms with Gasteiger partial charge < -0.3 is 5.32 Å². The van der Waals surface area contributed by atoms with Gasteiger partial charge in [0.25, 0.3) is 0 Å². The van der Waals surface area contributed by atoms with Crippen LogP contribution in [0.2, 0.25) is 0 Å². The number of nitrogens with zero attached hydrogens (tertiary/aromatic N) is 3. The van der Waals surface area contributed by atoms with Gasteiger partial charge in [-0.05, 0) is 12.5 Å². The first kappa shape index (κ1) is 12.9. The van der Waals surface area contributed by atoms with Crippen molar-refractivity contribution in [3.8, 4) is 0 Å². The summed E-state index contributed by atoms with van der Waals surface area (Å²) in [6.07, 6.45) is 13.3. The van der Waals surface area contributed by atoms with Crippen LogP contribution in [0.5, 0.6) is 0 Å². The average molecular weight is 246 g/mol. The maximum Gasteiger partial charge on any atom is 0.152 e. The van der Waals surface area contributed by atoms with E-state index in [0.29, 0.717) is 0 Å². The normalized spacial score (nSPS) is 10.9.